The van der Waals surface area contributed by atoms with Crippen LogP contribution in [0.2, 0.25) is 10.3 Å². The van der Waals surface area contributed by atoms with Gasteiger partial charge in [0, 0.05) is 51.4 Å². The maximum Gasteiger partial charge on any atom is 0.317 e. The molecule has 0 bridgehead atoms. The summed E-state index contributed by atoms with van der Waals surface area (Å²) in [5.74, 6) is 0.300. The number of halogens is 2. The molecule has 11 heteroatoms. The third kappa shape index (κ3) is 8.46. The maximum atomic E-state index is 12.9. The highest BCUT2D eigenvalue weighted by Gasteiger charge is 2.29. The second-order valence-electron chi connectivity index (χ2n) is 9.79. The van der Waals surface area contributed by atoms with E-state index in [9.17, 15) is 9.59 Å². The van der Waals surface area contributed by atoms with Crippen LogP contribution in [0.5, 0.6) is 5.75 Å². The number of aromatic nitrogens is 1. The minimum absolute atomic E-state index is 0.0296. The number of ether oxygens (including phenoxy) is 1. The first kappa shape index (κ1) is 29.5. The van der Waals surface area contributed by atoms with Gasteiger partial charge < -0.3 is 25.2 Å². The molecule has 2 aromatic rings. The number of rotatable bonds is 11. The number of nitrogens with one attached hydrogen (secondary N) is 2. The van der Waals surface area contributed by atoms with Crippen molar-refractivity contribution in [3.05, 3.63) is 44.3 Å². The molecule has 0 saturated carbocycles. The minimum atomic E-state index is -0.325. The first-order chi connectivity index (χ1) is 17.7. The third-order valence-corrected chi connectivity index (χ3v) is 7.72. The number of pyridine rings is 1. The van der Waals surface area contributed by atoms with Gasteiger partial charge in [0.2, 0.25) is 0 Å². The molecule has 3 heterocycles. The van der Waals surface area contributed by atoms with E-state index >= 15 is 0 Å². The second kappa shape index (κ2) is 14.2. The Kier molecular flexibility index (Phi) is 11.3. The van der Waals surface area contributed by atoms with Gasteiger partial charge in [0.1, 0.15) is 21.6 Å². The molecule has 37 heavy (non-hydrogen) atoms. The van der Waals surface area contributed by atoms with E-state index in [-0.39, 0.29) is 45.8 Å². The number of hydrogen-bond acceptors (Lipinski definition) is 6. The minimum Gasteiger partial charge on any atom is -0.492 e. The summed E-state index contributed by atoms with van der Waals surface area (Å²) in [6.07, 6.45) is 2.61. The Morgan fingerprint density at radius 2 is 2.00 bits per heavy atom. The predicted octanol–water partition coefficient (Wildman–Crippen LogP) is 5.30. The van der Waals surface area contributed by atoms with Crippen molar-refractivity contribution in [1.82, 2.24) is 25.4 Å². The van der Waals surface area contributed by atoms with Gasteiger partial charge in [-0.05, 0) is 54.5 Å². The smallest absolute Gasteiger partial charge is 0.317 e. The molecule has 1 aliphatic heterocycles. The van der Waals surface area contributed by atoms with E-state index in [1.54, 1.807) is 18.4 Å². The van der Waals surface area contributed by atoms with E-state index in [4.69, 9.17) is 27.9 Å². The molecule has 2 aromatic heterocycles. The first-order valence-corrected chi connectivity index (χ1v) is 14.4. The summed E-state index contributed by atoms with van der Waals surface area (Å²) in [7, 11) is 1.68. The Balaban J connectivity index is 1.50. The topological polar surface area (TPSA) is 86.8 Å². The summed E-state index contributed by atoms with van der Waals surface area (Å²) in [6.45, 7) is 9.57. The number of likely N-dealkylation sites (tertiary alicyclic amines) is 1. The molecular formula is C26H37Cl2N5O3S. The Hall–Kier alpha value is -2.07. The van der Waals surface area contributed by atoms with Crippen molar-refractivity contribution < 1.29 is 14.3 Å². The Morgan fingerprint density at radius 3 is 2.62 bits per heavy atom. The van der Waals surface area contributed by atoms with E-state index in [1.807, 2.05) is 24.1 Å². The van der Waals surface area contributed by atoms with Crippen LogP contribution in [-0.4, -0.2) is 72.1 Å². The van der Waals surface area contributed by atoms with Crippen molar-refractivity contribution in [2.75, 3.05) is 33.3 Å². The van der Waals surface area contributed by atoms with Crippen LogP contribution >= 0.6 is 34.5 Å². The average molecular weight is 571 g/mol. The molecule has 1 aliphatic rings. The summed E-state index contributed by atoms with van der Waals surface area (Å²) in [5, 5.41) is 10.1. The van der Waals surface area contributed by atoms with Gasteiger partial charge in [0.05, 0.1) is 6.61 Å². The zero-order valence-electron chi connectivity index (χ0n) is 21.9. The molecule has 3 rings (SSSR count). The van der Waals surface area contributed by atoms with Gasteiger partial charge in [-0.15, -0.1) is 0 Å². The van der Waals surface area contributed by atoms with Crippen molar-refractivity contribution in [3.63, 3.8) is 0 Å². The van der Waals surface area contributed by atoms with Crippen molar-refractivity contribution >= 4 is 46.5 Å². The van der Waals surface area contributed by atoms with Gasteiger partial charge in [-0.2, -0.15) is 11.3 Å². The van der Waals surface area contributed by atoms with Crippen molar-refractivity contribution in [1.29, 1.82) is 0 Å². The normalized spacial score (nSPS) is 15.4. The fourth-order valence-electron chi connectivity index (χ4n) is 4.43. The number of carbonyl (C=O) groups excluding carboxylic acids is 2. The molecule has 0 radical (unpaired) electrons. The van der Waals surface area contributed by atoms with Crippen LogP contribution in [0.4, 0.5) is 4.79 Å². The fourth-order valence-corrected chi connectivity index (χ4v) is 5.59. The van der Waals surface area contributed by atoms with E-state index in [0.717, 1.165) is 37.9 Å². The van der Waals surface area contributed by atoms with Gasteiger partial charge >= 0.3 is 6.03 Å². The van der Waals surface area contributed by atoms with Crippen LogP contribution in [0.15, 0.2) is 22.9 Å². The quantitative estimate of drug-likeness (QED) is 0.358. The fraction of sp³-hybridized carbons (Fsp3) is 0.577. The van der Waals surface area contributed by atoms with Gasteiger partial charge in [-0.3, -0.25) is 4.79 Å². The van der Waals surface area contributed by atoms with Crippen molar-refractivity contribution in [3.8, 4) is 5.75 Å². The van der Waals surface area contributed by atoms with Crippen molar-refractivity contribution in [2.45, 2.75) is 58.7 Å². The standard InChI is InChI=1S/C26H37Cl2N5O3S/c1-17(2)15-36-21-13-22(27)31-24(28)23(21)25(34)30-9-5-18(3)32-10-6-20(7-11-32)33(26(35)29-4)14-19-8-12-37-16-19/h8,12-13,16-18,20H,5-7,9-11,14-15H2,1-4H3,(H,29,35)(H,30,34). The van der Waals surface area contributed by atoms with E-state index in [2.05, 4.69) is 38.9 Å². The van der Waals surface area contributed by atoms with Crippen LogP contribution in [-0.2, 0) is 6.54 Å². The van der Waals surface area contributed by atoms with Crippen molar-refractivity contribution in [2.24, 2.45) is 5.92 Å². The molecule has 1 unspecified atom stereocenters. The van der Waals surface area contributed by atoms with Crippen LogP contribution in [0.3, 0.4) is 0 Å². The molecule has 0 aliphatic carbocycles. The Morgan fingerprint density at radius 1 is 1.27 bits per heavy atom. The number of urea groups is 1. The number of nitrogens with zero attached hydrogens (tertiary/aromatic N) is 3. The van der Waals surface area contributed by atoms with Gasteiger partial charge in [0.25, 0.3) is 5.91 Å². The molecule has 204 valence electrons. The number of carbonyl (C=O) groups is 2. The lowest BCUT2D eigenvalue weighted by Gasteiger charge is -2.40. The molecule has 1 atom stereocenters. The lowest BCUT2D eigenvalue weighted by atomic mass is 10.0. The van der Waals surface area contributed by atoms with Gasteiger partial charge in [-0.1, -0.05) is 37.0 Å². The third-order valence-electron chi connectivity index (χ3n) is 6.53. The molecular weight excluding hydrogens is 533 g/mol. The highest BCUT2D eigenvalue weighted by Crippen LogP contribution is 2.29. The number of thiophene rings is 1. The summed E-state index contributed by atoms with van der Waals surface area (Å²) >= 11 is 13.9. The maximum absolute atomic E-state index is 12.9. The molecule has 0 spiro atoms. The van der Waals surface area contributed by atoms with Crippen LogP contribution < -0.4 is 15.4 Å². The summed E-state index contributed by atoms with van der Waals surface area (Å²) < 4.78 is 5.78. The molecule has 2 N–H and O–H groups in total. The average Bonchev–Trinajstić information content (AvgIpc) is 3.38. The molecule has 3 amide bonds. The SMILES string of the molecule is CNC(=O)N(Cc1ccsc1)C1CCN(C(C)CCNC(=O)c2c(OCC(C)C)cc(Cl)nc2Cl)CC1. The zero-order chi connectivity index (χ0) is 26.9. The molecule has 8 nitrogen and oxygen atoms in total. The number of hydrogen-bond donors (Lipinski definition) is 2. The highest BCUT2D eigenvalue weighted by atomic mass is 35.5. The predicted molar refractivity (Wildman–Crippen MR) is 150 cm³/mol. The van der Waals surface area contributed by atoms with Crippen LogP contribution in [0, 0.1) is 5.92 Å². The summed E-state index contributed by atoms with van der Waals surface area (Å²) in [4.78, 5) is 33.9. The van der Waals surface area contributed by atoms with Gasteiger partial charge in [0.15, 0.2) is 0 Å². The lowest BCUT2D eigenvalue weighted by Crippen LogP contribution is -2.51. The lowest BCUT2D eigenvalue weighted by molar-refractivity contribution is 0.0905. The summed E-state index contributed by atoms with van der Waals surface area (Å²) in [5.41, 5.74) is 1.37. The van der Waals surface area contributed by atoms with Crippen LogP contribution in [0.1, 0.15) is 56.0 Å². The first-order valence-electron chi connectivity index (χ1n) is 12.7. The highest BCUT2D eigenvalue weighted by molar-refractivity contribution is 7.07. The van der Waals surface area contributed by atoms with E-state index < -0.39 is 0 Å². The molecule has 1 fully saturated rings. The van der Waals surface area contributed by atoms with Crippen LogP contribution in [0.25, 0.3) is 0 Å². The monoisotopic (exact) mass is 569 g/mol. The molecule has 0 aromatic carbocycles. The van der Waals surface area contributed by atoms with Gasteiger partial charge in [-0.25, -0.2) is 9.78 Å². The Labute approximate surface area is 233 Å². The Bertz CT molecular complexity index is 1030. The number of amides is 3. The summed E-state index contributed by atoms with van der Waals surface area (Å²) in [6, 6.07) is 4.04. The second-order valence-corrected chi connectivity index (χ2v) is 11.3. The van der Waals surface area contributed by atoms with E-state index in [0.29, 0.717) is 25.4 Å². The zero-order valence-corrected chi connectivity index (χ0v) is 24.3. The molecule has 1 saturated heterocycles. The van der Waals surface area contributed by atoms with E-state index in [1.165, 1.54) is 6.07 Å². The largest absolute Gasteiger partial charge is 0.492 e. The number of piperidine rings is 1.